The number of hydrogen-bond donors (Lipinski definition) is 1. The van der Waals surface area contributed by atoms with Gasteiger partial charge in [-0.1, -0.05) is 6.92 Å². The number of carbonyl (C=O) groups is 1. The molecule has 94 valence electrons. The molecule has 0 aliphatic carbocycles. The molecule has 4 nitrogen and oxygen atoms in total. The summed E-state index contributed by atoms with van der Waals surface area (Å²) >= 11 is 0. The lowest BCUT2D eigenvalue weighted by Crippen LogP contribution is -2.41. The van der Waals surface area contributed by atoms with E-state index in [0.717, 1.165) is 19.4 Å². The SMILES string of the molecule is CC(CN)CCC(=O)N(C)C1CCOC1C. The summed E-state index contributed by atoms with van der Waals surface area (Å²) in [4.78, 5) is 13.8. The van der Waals surface area contributed by atoms with Gasteiger partial charge < -0.3 is 15.4 Å². The van der Waals surface area contributed by atoms with Gasteiger partial charge in [0.25, 0.3) is 0 Å². The van der Waals surface area contributed by atoms with Crippen molar-refractivity contribution in [2.75, 3.05) is 20.2 Å². The average Bonchev–Trinajstić information content (AvgIpc) is 2.70. The van der Waals surface area contributed by atoms with Crippen molar-refractivity contribution >= 4 is 5.91 Å². The monoisotopic (exact) mass is 228 g/mol. The Morgan fingerprint density at radius 1 is 1.62 bits per heavy atom. The first-order valence-corrected chi connectivity index (χ1v) is 6.13. The van der Waals surface area contributed by atoms with Crippen LogP contribution in [0.25, 0.3) is 0 Å². The highest BCUT2D eigenvalue weighted by Gasteiger charge is 2.30. The Hall–Kier alpha value is -0.610. The summed E-state index contributed by atoms with van der Waals surface area (Å²) in [7, 11) is 1.88. The minimum atomic E-state index is 0.167. The van der Waals surface area contributed by atoms with Gasteiger partial charge in [-0.25, -0.2) is 0 Å². The summed E-state index contributed by atoms with van der Waals surface area (Å²) in [6.45, 7) is 5.53. The molecule has 1 heterocycles. The van der Waals surface area contributed by atoms with Crippen molar-refractivity contribution in [3.8, 4) is 0 Å². The van der Waals surface area contributed by atoms with Gasteiger partial charge >= 0.3 is 0 Å². The lowest BCUT2D eigenvalue weighted by Gasteiger charge is -2.27. The number of nitrogens with zero attached hydrogens (tertiary/aromatic N) is 1. The zero-order valence-electron chi connectivity index (χ0n) is 10.6. The molecule has 3 atom stereocenters. The fourth-order valence-electron chi connectivity index (χ4n) is 2.08. The normalized spacial score (nSPS) is 26.8. The summed E-state index contributed by atoms with van der Waals surface area (Å²) < 4.78 is 5.47. The number of nitrogens with two attached hydrogens (primary N) is 1. The maximum absolute atomic E-state index is 11.9. The molecule has 1 rings (SSSR count). The first kappa shape index (κ1) is 13.5. The summed E-state index contributed by atoms with van der Waals surface area (Å²) in [5.41, 5.74) is 5.53. The first-order valence-electron chi connectivity index (χ1n) is 6.13. The Kier molecular flexibility index (Phi) is 5.22. The van der Waals surface area contributed by atoms with E-state index in [2.05, 4.69) is 6.92 Å². The lowest BCUT2D eigenvalue weighted by atomic mass is 10.0. The molecule has 0 radical (unpaired) electrons. The van der Waals surface area contributed by atoms with Gasteiger partial charge in [-0.15, -0.1) is 0 Å². The fourth-order valence-corrected chi connectivity index (χ4v) is 2.08. The van der Waals surface area contributed by atoms with Gasteiger partial charge in [-0.05, 0) is 32.2 Å². The van der Waals surface area contributed by atoms with Gasteiger partial charge in [0, 0.05) is 20.1 Å². The Balaban J connectivity index is 2.35. The molecule has 0 aromatic rings. The third-order valence-electron chi connectivity index (χ3n) is 3.48. The number of likely N-dealkylation sites (N-methyl/N-ethyl adjacent to an activating group) is 1. The van der Waals surface area contributed by atoms with Crippen molar-refractivity contribution < 1.29 is 9.53 Å². The quantitative estimate of drug-likeness (QED) is 0.763. The fraction of sp³-hybridized carbons (Fsp3) is 0.917. The Labute approximate surface area is 98.1 Å². The molecule has 1 fully saturated rings. The summed E-state index contributed by atoms with van der Waals surface area (Å²) in [5, 5.41) is 0. The van der Waals surface area contributed by atoms with E-state index in [-0.39, 0.29) is 18.1 Å². The summed E-state index contributed by atoms with van der Waals surface area (Å²) in [6, 6.07) is 0.251. The van der Waals surface area contributed by atoms with E-state index in [0.29, 0.717) is 18.9 Å². The van der Waals surface area contributed by atoms with Crippen molar-refractivity contribution in [3.05, 3.63) is 0 Å². The van der Waals surface area contributed by atoms with Crippen molar-refractivity contribution in [2.45, 2.75) is 45.3 Å². The zero-order valence-corrected chi connectivity index (χ0v) is 10.6. The molecule has 1 saturated heterocycles. The average molecular weight is 228 g/mol. The Morgan fingerprint density at radius 2 is 2.31 bits per heavy atom. The maximum Gasteiger partial charge on any atom is 0.222 e. The van der Waals surface area contributed by atoms with Crippen molar-refractivity contribution in [1.29, 1.82) is 0 Å². The molecule has 1 aliphatic heterocycles. The van der Waals surface area contributed by atoms with E-state index in [9.17, 15) is 4.79 Å². The lowest BCUT2D eigenvalue weighted by molar-refractivity contribution is -0.133. The van der Waals surface area contributed by atoms with Crippen molar-refractivity contribution in [1.82, 2.24) is 4.90 Å². The van der Waals surface area contributed by atoms with Crippen molar-refractivity contribution in [2.24, 2.45) is 11.7 Å². The predicted molar refractivity (Wildman–Crippen MR) is 64.0 cm³/mol. The molecule has 0 aromatic carbocycles. The largest absolute Gasteiger partial charge is 0.376 e. The van der Waals surface area contributed by atoms with Crippen LogP contribution in [0.5, 0.6) is 0 Å². The van der Waals surface area contributed by atoms with E-state index in [1.54, 1.807) is 0 Å². The molecule has 0 spiro atoms. The van der Waals surface area contributed by atoms with E-state index in [1.165, 1.54) is 0 Å². The van der Waals surface area contributed by atoms with Crippen LogP contribution in [0.15, 0.2) is 0 Å². The second-order valence-electron chi connectivity index (χ2n) is 4.82. The van der Waals surface area contributed by atoms with E-state index < -0.39 is 0 Å². The molecule has 16 heavy (non-hydrogen) atoms. The van der Waals surface area contributed by atoms with E-state index in [4.69, 9.17) is 10.5 Å². The summed E-state index contributed by atoms with van der Waals surface area (Å²) in [5.74, 6) is 0.636. The second kappa shape index (κ2) is 6.21. The van der Waals surface area contributed by atoms with Crippen LogP contribution in [0.1, 0.15) is 33.1 Å². The zero-order chi connectivity index (χ0) is 12.1. The highest BCUT2D eigenvalue weighted by atomic mass is 16.5. The topological polar surface area (TPSA) is 55.6 Å². The predicted octanol–water partition coefficient (Wildman–Crippen LogP) is 0.997. The van der Waals surface area contributed by atoms with Crippen LogP contribution < -0.4 is 5.73 Å². The van der Waals surface area contributed by atoms with E-state index in [1.807, 2.05) is 18.9 Å². The molecule has 0 aromatic heterocycles. The number of amides is 1. The molecule has 4 heteroatoms. The molecular weight excluding hydrogens is 204 g/mol. The van der Waals surface area contributed by atoms with Gasteiger partial charge in [-0.2, -0.15) is 0 Å². The smallest absolute Gasteiger partial charge is 0.222 e. The molecule has 0 saturated carbocycles. The molecule has 3 unspecified atom stereocenters. The van der Waals surface area contributed by atoms with Gasteiger partial charge in [0.05, 0.1) is 12.1 Å². The van der Waals surface area contributed by atoms with Crippen LogP contribution in [-0.2, 0) is 9.53 Å². The molecule has 0 bridgehead atoms. The van der Waals surface area contributed by atoms with Gasteiger partial charge in [0.2, 0.25) is 5.91 Å². The van der Waals surface area contributed by atoms with E-state index >= 15 is 0 Å². The van der Waals surface area contributed by atoms with Gasteiger partial charge in [-0.3, -0.25) is 4.79 Å². The van der Waals surface area contributed by atoms with Crippen LogP contribution in [-0.4, -0.2) is 43.2 Å². The minimum Gasteiger partial charge on any atom is -0.376 e. The molecule has 1 aliphatic rings. The molecular formula is C12H24N2O2. The number of ether oxygens (including phenoxy) is 1. The molecule has 2 N–H and O–H groups in total. The molecule has 1 amide bonds. The third-order valence-corrected chi connectivity index (χ3v) is 3.48. The number of hydrogen-bond acceptors (Lipinski definition) is 3. The number of rotatable bonds is 5. The Morgan fingerprint density at radius 3 is 2.81 bits per heavy atom. The van der Waals surface area contributed by atoms with Gasteiger partial charge in [0.15, 0.2) is 0 Å². The van der Waals surface area contributed by atoms with Gasteiger partial charge in [0.1, 0.15) is 0 Å². The number of carbonyl (C=O) groups excluding carboxylic acids is 1. The van der Waals surface area contributed by atoms with Crippen LogP contribution >= 0.6 is 0 Å². The maximum atomic E-state index is 11.9. The standard InChI is InChI=1S/C12H24N2O2/c1-9(8-13)4-5-12(15)14(3)11-6-7-16-10(11)2/h9-11H,4-8,13H2,1-3H3. The highest BCUT2D eigenvalue weighted by molar-refractivity contribution is 5.76. The van der Waals surface area contributed by atoms with Crippen LogP contribution in [0.2, 0.25) is 0 Å². The third kappa shape index (κ3) is 3.46. The highest BCUT2D eigenvalue weighted by Crippen LogP contribution is 2.19. The van der Waals surface area contributed by atoms with Crippen LogP contribution in [0.3, 0.4) is 0 Å². The minimum absolute atomic E-state index is 0.167. The van der Waals surface area contributed by atoms with Crippen LogP contribution in [0, 0.1) is 5.92 Å². The second-order valence-corrected chi connectivity index (χ2v) is 4.82. The summed E-state index contributed by atoms with van der Waals surface area (Å²) in [6.07, 6.45) is 2.59. The first-order chi connectivity index (χ1) is 7.56. The van der Waals surface area contributed by atoms with Crippen molar-refractivity contribution in [3.63, 3.8) is 0 Å². The Bertz CT molecular complexity index is 233. The van der Waals surface area contributed by atoms with Crippen LogP contribution in [0.4, 0.5) is 0 Å².